The number of halogens is 1. The zero-order valence-corrected chi connectivity index (χ0v) is 15.6. The molecule has 1 N–H and O–H groups in total. The van der Waals surface area contributed by atoms with E-state index in [0.717, 1.165) is 5.56 Å². The van der Waals surface area contributed by atoms with Crippen molar-refractivity contribution in [1.29, 1.82) is 0 Å². The largest absolute Gasteiger partial charge is 0.493 e. The van der Waals surface area contributed by atoms with Crippen LogP contribution in [0.5, 0.6) is 11.5 Å². The number of amides is 2. The highest BCUT2D eigenvalue weighted by Gasteiger charge is 2.22. The number of anilines is 1. The van der Waals surface area contributed by atoms with Gasteiger partial charge in [0.05, 0.1) is 19.9 Å². The van der Waals surface area contributed by atoms with E-state index in [-0.39, 0.29) is 11.8 Å². The first-order valence-electron chi connectivity index (χ1n) is 8.85. The number of carbonyl (C=O) groups is 1. The lowest BCUT2D eigenvalue weighted by molar-refractivity contribution is 0.194. The van der Waals surface area contributed by atoms with Gasteiger partial charge in [0.25, 0.3) is 0 Å². The molecule has 2 amide bonds. The van der Waals surface area contributed by atoms with E-state index in [4.69, 9.17) is 9.47 Å². The zero-order chi connectivity index (χ0) is 19.2. The van der Waals surface area contributed by atoms with Gasteiger partial charge in [-0.1, -0.05) is 18.2 Å². The Hall–Kier alpha value is -2.96. The lowest BCUT2D eigenvalue weighted by atomic mass is 10.2. The normalized spacial score (nSPS) is 14.0. The molecule has 1 aliphatic rings. The first kappa shape index (κ1) is 18.8. The van der Waals surface area contributed by atoms with Gasteiger partial charge in [-0.15, -0.1) is 0 Å². The summed E-state index contributed by atoms with van der Waals surface area (Å²) in [7, 11) is 3.16. The van der Waals surface area contributed by atoms with Gasteiger partial charge >= 0.3 is 6.03 Å². The standard InChI is InChI=1S/C20H24FN3O3/c1-26-18-8-7-15(13-19(18)27-2)14-22-20(25)24-11-9-23(10-12-24)17-6-4-3-5-16(17)21/h3-8,13H,9-12,14H2,1-2H3,(H,22,25). The highest BCUT2D eigenvalue weighted by molar-refractivity contribution is 5.74. The van der Waals surface area contributed by atoms with Gasteiger partial charge in [0.2, 0.25) is 0 Å². The molecule has 0 aliphatic carbocycles. The summed E-state index contributed by atoms with van der Waals surface area (Å²) >= 11 is 0. The fourth-order valence-corrected chi connectivity index (χ4v) is 3.14. The minimum Gasteiger partial charge on any atom is -0.493 e. The first-order valence-corrected chi connectivity index (χ1v) is 8.85. The molecule has 1 aliphatic heterocycles. The SMILES string of the molecule is COc1ccc(CNC(=O)N2CCN(c3ccccc3F)CC2)cc1OC. The van der Waals surface area contributed by atoms with Crippen LogP contribution in [-0.2, 0) is 6.54 Å². The average molecular weight is 373 g/mol. The van der Waals surface area contributed by atoms with E-state index in [0.29, 0.717) is 49.9 Å². The summed E-state index contributed by atoms with van der Waals surface area (Å²) in [4.78, 5) is 16.1. The Balaban J connectivity index is 1.52. The molecule has 0 aromatic heterocycles. The summed E-state index contributed by atoms with van der Waals surface area (Å²) in [5, 5.41) is 2.92. The molecule has 0 bridgehead atoms. The molecule has 1 saturated heterocycles. The molecule has 1 fully saturated rings. The molecule has 6 nitrogen and oxygen atoms in total. The highest BCUT2D eigenvalue weighted by atomic mass is 19.1. The van der Waals surface area contributed by atoms with Crippen molar-refractivity contribution in [1.82, 2.24) is 10.2 Å². The molecule has 0 unspecified atom stereocenters. The highest BCUT2D eigenvalue weighted by Crippen LogP contribution is 2.27. The topological polar surface area (TPSA) is 54.0 Å². The van der Waals surface area contributed by atoms with E-state index in [1.165, 1.54) is 6.07 Å². The molecular formula is C20H24FN3O3. The number of urea groups is 1. The number of carbonyl (C=O) groups excluding carboxylic acids is 1. The Morgan fingerprint density at radius 2 is 1.74 bits per heavy atom. The fourth-order valence-electron chi connectivity index (χ4n) is 3.14. The number of nitrogens with zero attached hydrogens (tertiary/aromatic N) is 2. The van der Waals surface area contributed by atoms with E-state index in [1.54, 1.807) is 31.3 Å². The average Bonchev–Trinajstić information content (AvgIpc) is 2.72. The fraction of sp³-hybridized carbons (Fsp3) is 0.350. The van der Waals surface area contributed by atoms with Crippen LogP contribution in [0.1, 0.15) is 5.56 Å². The quantitative estimate of drug-likeness (QED) is 0.876. The van der Waals surface area contributed by atoms with Gasteiger partial charge in [0.15, 0.2) is 11.5 Å². The molecule has 2 aromatic carbocycles. The number of nitrogens with one attached hydrogen (secondary N) is 1. The van der Waals surface area contributed by atoms with Gasteiger partial charge in [-0.2, -0.15) is 0 Å². The van der Waals surface area contributed by atoms with Crippen LogP contribution in [0.2, 0.25) is 0 Å². The van der Waals surface area contributed by atoms with Crippen LogP contribution in [0.3, 0.4) is 0 Å². The number of hydrogen-bond donors (Lipinski definition) is 1. The summed E-state index contributed by atoms with van der Waals surface area (Å²) < 4.78 is 24.4. The van der Waals surface area contributed by atoms with Crippen LogP contribution in [-0.4, -0.2) is 51.3 Å². The first-order chi connectivity index (χ1) is 13.1. The predicted molar refractivity (Wildman–Crippen MR) is 102 cm³/mol. The third-order valence-corrected chi connectivity index (χ3v) is 4.65. The van der Waals surface area contributed by atoms with Gasteiger partial charge in [0, 0.05) is 32.7 Å². The van der Waals surface area contributed by atoms with Gasteiger partial charge in [0.1, 0.15) is 5.82 Å². The number of hydrogen-bond acceptors (Lipinski definition) is 4. The van der Waals surface area contributed by atoms with Gasteiger partial charge in [-0.3, -0.25) is 0 Å². The Morgan fingerprint density at radius 3 is 2.41 bits per heavy atom. The van der Waals surface area contributed by atoms with Crippen LogP contribution < -0.4 is 19.7 Å². The molecule has 0 saturated carbocycles. The maximum absolute atomic E-state index is 13.9. The summed E-state index contributed by atoms with van der Waals surface area (Å²) in [6, 6.07) is 12.1. The van der Waals surface area contributed by atoms with E-state index < -0.39 is 0 Å². The summed E-state index contributed by atoms with van der Waals surface area (Å²) in [6.45, 7) is 2.69. The van der Waals surface area contributed by atoms with Crippen molar-refractivity contribution in [2.45, 2.75) is 6.54 Å². The Kier molecular flexibility index (Phi) is 6.01. The second-order valence-electron chi connectivity index (χ2n) is 6.27. The lowest BCUT2D eigenvalue weighted by Gasteiger charge is -2.36. The van der Waals surface area contributed by atoms with Crippen molar-refractivity contribution in [3.63, 3.8) is 0 Å². The van der Waals surface area contributed by atoms with Crippen LogP contribution in [0.25, 0.3) is 0 Å². The van der Waals surface area contributed by atoms with Crippen molar-refractivity contribution < 1.29 is 18.7 Å². The summed E-state index contributed by atoms with van der Waals surface area (Å²) in [5.74, 6) is 1.04. The molecular weight excluding hydrogens is 349 g/mol. The van der Waals surface area contributed by atoms with E-state index >= 15 is 0 Å². The van der Waals surface area contributed by atoms with Crippen molar-refractivity contribution in [3.8, 4) is 11.5 Å². The molecule has 0 spiro atoms. The third-order valence-electron chi connectivity index (χ3n) is 4.65. The second kappa shape index (κ2) is 8.62. The minimum absolute atomic E-state index is 0.127. The number of ether oxygens (including phenoxy) is 2. The Morgan fingerprint density at radius 1 is 1.04 bits per heavy atom. The molecule has 0 radical (unpaired) electrons. The smallest absolute Gasteiger partial charge is 0.317 e. The molecule has 2 aromatic rings. The number of benzene rings is 2. The minimum atomic E-state index is -0.233. The molecule has 7 heteroatoms. The zero-order valence-electron chi connectivity index (χ0n) is 15.6. The summed E-state index contributed by atoms with van der Waals surface area (Å²) in [6.07, 6.45) is 0. The van der Waals surface area contributed by atoms with Gasteiger partial charge in [-0.05, 0) is 29.8 Å². The number of methoxy groups -OCH3 is 2. The van der Waals surface area contributed by atoms with Gasteiger partial charge in [-0.25, -0.2) is 9.18 Å². The van der Waals surface area contributed by atoms with E-state index in [2.05, 4.69) is 5.32 Å². The van der Waals surface area contributed by atoms with E-state index in [1.807, 2.05) is 29.2 Å². The summed E-state index contributed by atoms with van der Waals surface area (Å²) in [5.41, 5.74) is 1.51. The predicted octanol–water partition coefficient (Wildman–Crippen LogP) is 2.87. The second-order valence-corrected chi connectivity index (χ2v) is 6.27. The molecule has 27 heavy (non-hydrogen) atoms. The Bertz CT molecular complexity index is 792. The van der Waals surface area contributed by atoms with E-state index in [9.17, 15) is 9.18 Å². The third kappa shape index (κ3) is 4.42. The van der Waals surface area contributed by atoms with Crippen molar-refractivity contribution in [3.05, 3.63) is 53.8 Å². The molecule has 3 rings (SSSR count). The van der Waals surface area contributed by atoms with Crippen molar-refractivity contribution >= 4 is 11.7 Å². The van der Waals surface area contributed by atoms with Crippen molar-refractivity contribution in [2.75, 3.05) is 45.3 Å². The maximum Gasteiger partial charge on any atom is 0.317 e. The number of rotatable bonds is 5. The van der Waals surface area contributed by atoms with Crippen LogP contribution >= 0.6 is 0 Å². The van der Waals surface area contributed by atoms with Crippen molar-refractivity contribution in [2.24, 2.45) is 0 Å². The van der Waals surface area contributed by atoms with Crippen LogP contribution in [0, 0.1) is 5.82 Å². The maximum atomic E-state index is 13.9. The van der Waals surface area contributed by atoms with Crippen LogP contribution in [0.4, 0.5) is 14.9 Å². The van der Waals surface area contributed by atoms with Crippen LogP contribution in [0.15, 0.2) is 42.5 Å². The monoisotopic (exact) mass is 373 g/mol. The lowest BCUT2D eigenvalue weighted by Crippen LogP contribution is -2.51. The Labute approximate surface area is 158 Å². The molecule has 0 atom stereocenters. The number of para-hydroxylation sites is 1. The van der Waals surface area contributed by atoms with Gasteiger partial charge < -0.3 is 24.6 Å². The molecule has 1 heterocycles. The number of piperazine rings is 1. The molecule has 144 valence electrons.